The minimum Gasteiger partial charge on any atom is -0.309 e. The molecule has 12 heavy (non-hydrogen) atoms. The Bertz CT molecular complexity index is 296. The molecule has 0 spiro atoms. The Balaban J connectivity index is 2.66. The minimum atomic E-state index is 0.383. The van der Waals surface area contributed by atoms with E-state index in [0.717, 1.165) is 0 Å². The van der Waals surface area contributed by atoms with Gasteiger partial charge in [0.1, 0.15) is 5.69 Å². The Labute approximate surface area is 76.2 Å². The first-order valence-electron chi connectivity index (χ1n) is 3.45. The zero-order valence-corrected chi connectivity index (χ0v) is 7.39. The van der Waals surface area contributed by atoms with Crippen LogP contribution in [0.2, 0.25) is 5.15 Å². The Hall–Kier alpha value is -1.11. The number of hydrogen-bond acceptors (Lipinski definition) is 3. The molecule has 0 aliphatic heterocycles. The first-order valence-corrected chi connectivity index (χ1v) is 3.83. The van der Waals surface area contributed by atoms with Crippen LogP contribution in [0.25, 0.3) is 0 Å². The maximum Gasteiger partial charge on any atom is 0.151 e. The van der Waals surface area contributed by atoms with Crippen molar-refractivity contribution in [3.8, 4) is 11.8 Å². The van der Waals surface area contributed by atoms with Gasteiger partial charge in [0.2, 0.25) is 0 Å². The number of rotatable bonds is 1. The molecule has 1 rings (SSSR count). The molecule has 62 valence electrons. The van der Waals surface area contributed by atoms with Gasteiger partial charge in [-0.05, 0) is 25.1 Å². The van der Waals surface area contributed by atoms with Crippen LogP contribution >= 0.6 is 11.6 Å². The highest BCUT2D eigenvalue weighted by Crippen LogP contribution is 2.00. The quantitative estimate of drug-likeness (QED) is 0.649. The van der Waals surface area contributed by atoms with Crippen molar-refractivity contribution in [2.24, 2.45) is 0 Å². The molecule has 0 saturated carbocycles. The average Bonchev–Trinajstić information content (AvgIpc) is 2.09. The summed E-state index contributed by atoms with van der Waals surface area (Å²) in [6.07, 6.45) is 0. The predicted octanol–water partition coefficient (Wildman–Crippen LogP) is 0.701. The largest absolute Gasteiger partial charge is 0.309 e. The van der Waals surface area contributed by atoms with Crippen LogP contribution in [0.1, 0.15) is 5.69 Å². The van der Waals surface area contributed by atoms with E-state index in [9.17, 15) is 0 Å². The first-order chi connectivity index (χ1) is 5.83. The van der Waals surface area contributed by atoms with Crippen LogP contribution < -0.4 is 5.32 Å². The van der Waals surface area contributed by atoms with Crippen molar-refractivity contribution in [2.75, 3.05) is 13.6 Å². The first kappa shape index (κ1) is 8.98. The van der Waals surface area contributed by atoms with Crippen molar-refractivity contribution < 1.29 is 0 Å². The number of halogens is 1. The Morgan fingerprint density at radius 1 is 1.50 bits per heavy atom. The average molecular weight is 182 g/mol. The fraction of sp³-hybridized carbons (Fsp3) is 0.250. The second kappa shape index (κ2) is 4.70. The van der Waals surface area contributed by atoms with E-state index >= 15 is 0 Å². The maximum absolute atomic E-state index is 5.54. The molecule has 0 radical (unpaired) electrons. The van der Waals surface area contributed by atoms with Crippen LogP contribution in [0.15, 0.2) is 12.1 Å². The lowest BCUT2D eigenvalue weighted by atomic mass is 10.4. The Kier molecular flexibility index (Phi) is 3.52. The normalized spacial score (nSPS) is 8.83. The van der Waals surface area contributed by atoms with E-state index in [4.69, 9.17) is 11.6 Å². The van der Waals surface area contributed by atoms with Gasteiger partial charge in [0.05, 0.1) is 6.54 Å². The highest BCUT2D eigenvalue weighted by molar-refractivity contribution is 6.29. The smallest absolute Gasteiger partial charge is 0.151 e. The molecule has 0 bridgehead atoms. The number of nitrogens with one attached hydrogen (secondary N) is 1. The van der Waals surface area contributed by atoms with Crippen molar-refractivity contribution >= 4 is 11.6 Å². The molecule has 3 nitrogen and oxygen atoms in total. The van der Waals surface area contributed by atoms with E-state index in [-0.39, 0.29) is 0 Å². The molecule has 0 aliphatic carbocycles. The van der Waals surface area contributed by atoms with Crippen molar-refractivity contribution in [2.45, 2.75) is 0 Å². The van der Waals surface area contributed by atoms with Gasteiger partial charge in [-0.1, -0.05) is 17.5 Å². The van der Waals surface area contributed by atoms with Crippen LogP contribution in [0, 0.1) is 11.8 Å². The standard InChI is InChI=1S/C8H8ClN3/c1-10-6-2-3-7-4-5-8(9)12-11-7/h4-5,10H,6H2,1H3. The summed E-state index contributed by atoms with van der Waals surface area (Å²) in [6.45, 7) is 0.643. The van der Waals surface area contributed by atoms with Crippen LogP contribution in [0.3, 0.4) is 0 Å². The number of hydrogen-bond donors (Lipinski definition) is 1. The van der Waals surface area contributed by atoms with Crippen LogP contribution in [-0.2, 0) is 0 Å². The lowest BCUT2D eigenvalue weighted by Crippen LogP contribution is -2.04. The van der Waals surface area contributed by atoms with Crippen LogP contribution in [0.4, 0.5) is 0 Å². The molecule has 0 fully saturated rings. The van der Waals surface area contributed by atoms with E-state index < -0.39 is 0 Å². The summed E-state index contributed by atoms with van der Waals surface area (Å²) < 4.78 is 0. The minimum absolute atomic E-state index is 0.383. The van der Waals surface area contributed by atoms with Crippen LogP contribution in [0.5, 0.6) is 0 Å². The van der Waals surface area contributed by atoms with E-state index in [0.29, 0.717) is 17.4 Å². The monoisotopic (exact) mass is 181 g/mol. The summed E-state index contributed by atoms with van der Waals surface area (Å²) in [5.41, 5.74) is 0.634. The van der Waals surface area contributed by atoms with Crippen molar-refractivity contribution in [3.63, 3.8) is 0 Å². The van der Waals surface area contributed by atoms with Gasteiger partial charge in [-0.2, -0.15) is 0 Å². The summed E-state index contributed by atoms with van der Waals surface area (Å²) in [7, 11) is 1.84. The zero-order chi connectivity index (χ0) is 8.81. The van der Waals surface area contributed by atoms with Crippen molar-refractivity contribution in [1.29, 1.82) is 0 Å². The summed E-state index contributed by atoms with van der Waals surface area (Å²) in [5, 5.41) is 10.7. The van der Waals surface area contributed by atoms with Gasteiger partial charge in [-0.3, -0.25) is 0 Å². The summed E-state index contributed by atoms with van der Waals surface area (Å²) in [6, 6.07) is 3.40. The second-order valence-electron chi connectivity index (χ2n) is 2.07. The molecule has 0 aromatic carbocycles. The van der Waals surface area contributed by atoms with Gasteiger partial charge in [0, 0.05) is 0 Å². The molecule has 0 atom stereocenters. The third-order valence-electron chi connectivity index (χ3n) is 1.11. The van der Waals surface area contributed by atoms with Crippen molar-refractivity contribution in [3.05, 3.63) is 23.0 Å². The van der Waals surface area contributed by atoms with Gasteiger partial charge in [0.25, 0.3) is 0 Å². The zero-order valence-electron chi connectivity index (χ0n) is 6.63. The highest BCUT2D eigenvalue weighted by Gasteiger charge is 1.89. The van der Waals surface area contributed by atoms with E-state index in [1.807, 2.05) is 7.05 Å². The van der Waals surface area contributed by atoms with Gasteiger partial charge < -0.3 is 5.32 Å². The summed E-state index contributed by atoms with van der Waals surface area (Å²) in [5.74, 6) is 5.69. The van der Waals surface area contributed by atoms with E-state index in [1.54, 1.807) is 12.1 Å². The lowest BCUT2D eigenvalue weighted by molar-refractivity contribution is 0.937. The van der Waals surface area contributed by atoms with Gasteiger partial charge in [-0.25, -0.2) is 0 Å². The molecule has 0 aliphatic rings. The highest BCUT2D eigenvalue weighted by atomic mass is 35.5. The molecule has 1 N–H and O–H groups in total. The third-order valence-corrected chi connectivity index (χ3v) is 1.32. The summed E-state index contributed by atoms with van der Waals surface area (Å²) >= 11 is 5.54. The fourth-order valence-corrected chi connectivity index (χ4v) is 0.707. The molecule has 1 heterocycles. The van der Waals surface area contributed by atoms with Crippen molar-refractivity contribution in [1.82, 2.24) is 15.5 Å². The van der Waals surface area contributed by atoms with Gasteiger partial charge in [0.15, 0.2) is 5.15 Å². The second-order valence-corrected chi connectivity index (χ2v) is 2.46. The molecule has 0 saturated heterocycles. The molecule has 1 aromatic heterocycles. The van der Waals surface area contributed by atoms with Gasteiger partial charge in [-0.15, -0.1) is 10.2 Å². The SMILES string of the molecule is CNCC#Cc1ccc(Cl)nn1. The molecule has 4 heteroatoms. The molecular formula is C8H8ClN3. The molecular weight excluding hydrogens is 174 g/mol. The summed E-state index contributed by atoms with van der Waals surface area (Å²) in [4.78, 5) is 0. The maximum atomic E-state index is 5.54. The fourth-order valence-electron chi connectivity index (χ4n) is 0.606. The molecule has 0 amide bonds. The van der Waals surface area contributed by atoms with E-state index in [1.165, 1.54) is 0 Å². The van der Waals surface area contributed by atoms with Crippen LogP contribution in [-0.4, -0.2) is 23.8 Å². The molecule has 1 aromatic rings. The van der Waals surface area contributed by atoms with Gasteiger partial charge >= 0.3 is 0 Å². The molecule has 0 unspecified atom stereocenters. The van der Waals surface area contributed by atoms with E-state index in [2.05, 4.69) is 27.4 Å². The Morgan fingerprint density at radius 3 is 2.92 bits per heavy atom. The lowest BCUT2D eigenvalue weighted by Gasteiger charge is -1.87. The Morgan fingerprint density at radius 2 is 2.33 bits per heavy atom. The number of aromatic nitrogens is 2. The number of nitrogens with zero attached hydrogens (tertiary/aromatic N) is 2. The topological polar surface area (TPSA) is 37.8 Å². The third kappa shape index (κ3) is 2.87. The predicted molar refractivity (Wildman–Crippen MR) is 47.8 cm³/mol.